The van der Waals surface area contributed by atoms with E-state index in [9.17, 15) is 14.0 Å². The highest BCUT2D eigenvalue weighted by Crippen LogP contribution is 2.26. The lowest BCUT2D eigenvalue weighted by molar-refractivity contribution is -0.140. The number of amides is 2. The molecule has 1 aliphatic rings. The highest BCUT2D eigenvalue weighted by Gasteiger charge is 2.31. The van der Waals surface area contributed by atoms with Gasteiger partial charge in [-0.3, -0.25) is 9.59 Å². The Hall–Kier alpha value is -3.07. The third-order valence-corrected chi connectivity index (χ3v) is 6.25. The van der Waals surface area contributed by atoms with E-state index in [1.54, 1.807) is 16.8 Å². The van der Waals surface area contributed by atoms with Crippen LogP contribution in [0.15, 0.2) is 41.8 Å². The summed E-state index contributed by atoms with van der Waals surface area (Å²) in [4.78, 5) is 32.6. The van der Waals surface area contributed by atoms with Gasteiger partial charge in [0.05, 0.1) is 10.6 Å². The number of aromatic nitrogens is 3. The van der Waals surface area contributed by atoms with Gasteiger partial charge in [0.1, 0.15) is 5.82 Å². The smallest absolute Gasteiger partial charge is 0.291 e. The number of carbonyl (C=O) groups is 2. The lowest BCUT2D eigenvalue weighted by Crippen LogP contribution is -2.49. The molecule has 32 heavy (non-hydrogen) atoms. The average molecular weight is 456 g/mol. The van der Waals surface area contributed by atoms with Crippen molar-refractivity contribution in [1.29, 1.82) is 0 Å². The fourth-order valence-electron chi connectivity index (χ4n) is 3.69. The fourth-order valence-corrected chi connectivity index (χ4v) is 4.39. The van der Waals surface area contributed by atoms with Gasteiger partial charge in [-0.1, -0.05) is 26.8 Å². The molecule has 0 bridgehead atoms. The molecule has 0 radical (unpaired) electrons. The summed E-state index contributed by atoms with van der Waals surface area (Å²) in [6, 6.07) is 9.65. The molecular formula is C23H26FN5O2S. The molecule has 0 saturated carbocycles. The van der Waals surface area contributed by atoms with Crippen molar-refractivity contribution in [2.24, 2.45) is 5.41 Å². The van der Waals surface area contributed by atoms with Crippen molar-refractivity contribution in [3.8, 4) is 16.4 Å². The molecule has 0 spiro atoms. The van der Waals surface area contributed by atoms with Crippen molar-refractivity contribution in [2.75, 3.05) is 13.1 Å². The van der Waals surface area contributed by atoms with Gasteiger partial charge >= 0.3 is 0 Å². The summed E-state index contributed by atoms with van der Waals surface area (Å²) in [6.45, 7) is 6.96. The highest BCUT2D eigenvalue weighted by atomic mass is 32.1. The van der Waals surface area contributed by atoms with Crippen molar-refractivity contribution in [1.82, 2.24) is 25.0 Å². The molecule has 3 heterocycles. The zero-order valence-electron chi connectivity index (χ0n) is 18.3. The predicted molar refractivity (Wildman–Crippen MR) is 121 cm³/mol. The molecule has 7 nitrogen and oxygen atoms in total. The first-order valence-electron chi connectivity index (χ1n) is 10.6. The molecule has 0 atom stereocenters. The van der Waals surface area contributed by atoms with Crippen molar-refractivity contribution in [3.63, 3.8) is 0 Å². The van der Waals surface area contributed by atoms with Crippen LogP contribution in [0.5, 0.6) is 0 Å². The number of halogens is 1. The van der Waals surface area contributed by atoms with E-state index in [0.717, 1.165) is 4.88 Å². The van der Waals surface area contributed by atoms with E-state index in [1.807, 2.05) is 43.2 Å². The number of hydrogen-bond donors (Lipinski definition) is 1. The number of nitrogens with one attached hydrogen (secondary N) is 1. The monoisotopic (exact) mass is 455 g/mol. The van der Waals surface area contributed by atoms with Crippen LogP contribution >= 0.6 is 11.3 Å². The van der Waals surface area contributed by atoms with Crippen LogP contribution in [-0.2, 0) is 4.79 Å². The number of hydrogen-bond acceptors (Lipinski definition) is 5. The summed E-state index contributed by atoms with van der Waals surface area (Å²) in [7, 11) is 0. The largest absolute Gasteiger partial charge is 0.346 e. The normalized spacial score (nSPS) is 15.1. The molecule has 4 rings (SSSR count). The molecule has 1 saturated heterocycles. The second kappa shape index (κ2) is 8.82. The molecule has 2 aromatic heterocycles. The minimum Gasteiger partial charge on any atom is -0.346 e. The van der Waals surface area contributed by atoms with Crippen LogP contribution in [0.1, 0.15) is 44.2 Å². The van der Waals surface area contributed by atoms with E-state index in [-0.39, 0.29) is 29.5 Å². The lowest BCUT2D eigenvalue weighted by Gasteiger charge is -2.35. The number of likely N-dealkylation sites (tertiary alicyclic amines) is 1. The minimum absolute atomic E-state index is 0.0468. The standard InChI is InChI=1S/C23H26FN5O2S/c1-23(2,3)22(31)28-12-10-16(11-13-28)25-21(30)19-26-20(18-5-4-14-32-18)29(27-19)17-8-6-15(24)7-9-17/h4-9,14,16H,10-13H2,1-3H3,(H,25,30). The molecule has 0 aliphatic carbocycles. The Morgan fingerprint density at radius 3 is 2.41 bits per heavy atom. The van der Waals surface area contributed by atoms with E-state index >= 15 is 0 Å². The van der Waals surface area contributed by atoms with Crippen molar-refractivity contribution in [3.05, 3.63) is 53.4 Å². The Kier molecular flexibility index (Phi) is 6.10. The van der Waals surface area contributed by atoms with Gasteiger partial charge in [-0.15, -0.1) is 16.4 Å². The zero-order valence-corrected chi connectivity index (χ0v) is 19.2. The Balaban J connectivity index is 1.49. The zero-order chi connectivity index (χ0) is 22.9. The maximum Gasteiger partial charge on any atom is 0.291 e. The SMILES string of the molecule is CC(C)(C)C(=O)N1CCC(NC(=O)c2nc(-c3cccs3)n(-c3ccc(F)cc3)n2)CC1. The number of piperidine rings is 1. The second-order valence-electron chi connectivity index (χ2n) is 8.91. The third kappa shape index (κ3) is 4.72. The third-order valence-electron chi connectivity index (χ3n) is 5.38. The summed E-state index contributed by atoms with van der Waals surface area (Å²) < 4.78 is 14.9. The molecule has 1 N–H and O–H groups in total. The van der Waals surface area contributed by atoms with Gasteiger partial charge in [0.15, 0.2) is 5.82 Å². The number of carbonyl (C=O) groups excluding carboxylic acids is 2. The van der Waals surface area contributed by atoms with Gasteiger partial charge in [0.2, 0.25) is 11.7 Å². The van der Waals surface area contributed by atoms with Crippen LogP contribution in [-0.4, -0.2) is 50.6 Å². The first kappa shape index (κ1) is 22.1. The number of rotatable bonds is 4. The first-order chi connectivity index (χ1) is 15.2. The van der Waals surface area contributed by atoms with Crippen LogP contribution in [0.3, 0.4) is 0 Å². The number of nitrogens with zero attached hydrogens (tertiary/aromatic N) is 4. The van der Waals surface area contributed by atoms with Crippen molar-refractivity contribution in [2.45, 2.75) is 39.7 Å². The number of thiophene rings is 1. The highest BCUT2D eigenvalue weighted by molar-refractivity contribution is 7.13. The molecule has 1 fully saturated rings. The quantitative estimate of drug-likeness (QED) is 0.647. The summed E-state index contributed by atoms with van der Waals surface area (Å²) in [5.74, 6) is 0.0147. The first-order valence-corrected chi connectivity index (χ1v) is 11.5. The molecule has 168 valence electrons. The molecule has 3 aromatic rings. The second-order valence-corrected chi connectivity index (χ2v) is 9.86. The summed E-state index contributed by atoms with van der Waals surface area (Å²) >= 11 is 1.49. The van der Waals surface area contributed by atoms with Crippen LogP contribution in [0, 0.1) is 11.2 Å². The molecule has 1 aliphatic heterocycles. The van der Waals surface area contributed by atoms with Crippen molar-refractivity contribution >= 4 is 23.2 Å². The Bertz CT molecular complexity index is 1090. The summed E-state index contributed by atoms with van der Waals surface area (Å²) in [5.41, 5.74) is 0.209. The van der Waals surface area contributed by atoms with Crippen LogP contribution in [0.4, 0.5) is 4.39 Å². The van der Waals surface area contributed by atoms with Crippen LogP contribution in [0.2, 0.25) is 0 Å². The predicted octanol–water partition coefficient (Wildman–Crippen LogP) is 3.90. The van der Waals surface area contributed by atoms with Gasteiger partial charge in [0.25, 0.3) is 5.91 Å². The molecule has 0 unspecified atom stereocenters. The van der Waals surface area contributed by atoms with Crippen LogP contribution < -0.4 is 5.32 Å². The van der Waals surface area contributed by atoms with E-state index in [1.165, 1.54) is 23.5 Å². The maximum absolute atomic E-state index is 13.4. The lowest BCUT2D eigenvalue weighted by atomic mass is 9.93. The van der Waals surface area contributed by atoms with Gasteiger partial charge in [-0.05, 0) is 48.6 Å². The molecular weight excluding hydrogens is 429 g/mol. The Labute approximate surface area is 190 Å². The van der Waals surface area contributed by atoms with Crippen molar-refractivity contribution < 1.29 is 14.0 Å². The average Bonchev–Trinajstić information content (AvgIpc) is 3.44. The van der Waals surface area contributed by atoms with Crippen LogP contribution in [0.25, 0.3) is 16.4 Å². The van der Waals surface area contributed by atoms with E-state index in [4.69, 9.17) is 0 Å². The summed E-state index contributed by atoms with van der Waals surface area (Å²) in [6.07, 6.45) is 1.37. The molecule has 2 amide bonds. The van der Waals surface area contributed by atoms with Gasteiger partial charge in [0, 0.05) is 24.5 Å². The van der Waals surface area contributed by atoms with E-state index < -0.39 is 5.41 Å². The Morgan fingerprint density at radius 2 is 1.81 bits per heavy atom. The Morgan fingerprint density at radius 1 is 1.12 bits per heavy atom. The maximum atomic E-state index is 13.4. The minimum atomic E-state index is -0.411. The molecule has 9 heteroatoms. The van der Waals surface area contributed by atoms with Gasteiger partial charge in [-0.25, -0.2) is 14.1 Å². The summed E-state index contributed by atoms with van der Waals surface area (Å²) in [5, 5.41) is 9.35. The van der Waals surface area contributed by atoms with Gasteiger partial charge < -0.3 is 10.2 Å². The van der Waals surface area contributed by atoms with Gasteiger partial charge in [-0.2, -0.15) is 0 Å². The molecule has 1 aromatic carbocycles. The number of benzene rings is 1. The topological polar surface area (TPSA) is 80.1 Å². The van der Waals surface area contributed by atoms with E-state index in [2.05, 4.69) is 15.4 Å². The van der Waals surface area contributed by atoms with E-state index in [0.29, 0.717) is 37.4 Å². The fraction of sp³-hybridized carbons (Fsp3) is 0.391.